The number of nitrogens with one attached hydrogen (secondary N) is 1. The number of H-pyrrole nitrogens is 1. The van der Waals surface area contributed by atoms with Crippen molar-refractivity contribution in [2.24, 2.45) is 0 Å². The molecule has 0 aliphatic heterocycles. The first-order valence-corrected chi connectivity index (χ1v) is 8.10. The first-order valence-electron chi connectivity index (χ1n) is 8.10. The Morgan fingerprint density at radius 3 is 2.60 bits per heavy atom. The van der Waals surface area contributed by atoms with Gasteiger partial charge in [-0.05, 0) is 42.5 Å². The van der Waals surface area contributed by atoms with Gasteiger partial charge in [0, 0.05) is 35.8 Å². The average molecular weight is 327 g/mol. The van der Waals surface area contributed by atoms with Crippen molar-refractivity contribution in [2.45, 2.75) is 0 Å². The molecule has 0 saturated heterocycles. The normalized spacial score (nSPS) is 10.8. The summed E-state index contributed by atoms with van der Waals surface area (Å²) >= 11 is 0. The largest absolute Gasteiger partial charge is 0.353 e. The van der Waals surface area contributed by atoms with Crippen LogP contribution in [0, 0.1) is 0 Å². The maximum Gasteiger partial charge on any atom is 0.258 e. The summed E-state index contributed by atoms with van der Waals surface area (Å²) in [6.07, 6.45) is 1.78. The number of carbonyl (C=O) groups is 1. The van der Waals surface area contributed by atoms with E-state index in [4.69, 9.17) is 0 Å². The predicted molar refractivity (Wildman–Crippen MR) is 101 cm³/mol. The van der Waals surface area contributed by atoms with Crippen LogP contribution in [0.25, 0.3) is 22.3 Å². The van der Waals surface area contributed by atoms with Crippen molar-refractivity contribution < 1.29 is 4.79 Å². The molecule has 4 aromatic rings. The van der Waals surface area contributed by atoms with Crippen molar-refractivity contribution in [1.82, 2.24) is 9.97 Å². The molecular formula is C21H17N3O. The van der Waals surface area contributed by atoms with E-state index in [2.05, 4.69) is 9.97 Å². The SMILES string of the molecule is CN(C(=O)c1ccccc1)c1cccc(-c2cc3ncccc3[nH]2)c1. The number of amides is 1. The van der Waals surface area contributed by atoms with E-state index in [0.29, 0.717) is 5.56 Å². The summed E-state index contributed by atoms with van der Waals surface area (Å²) in [7, 11) is 1.79. The average Bonchev–Trinajstić information content (AvgIpc) is 3.12. The van der Waals surface area contributed by atoms with Crippen molar-refractivity contribution in [1.29, 1.82) is 0 Å². The second-order valence-corrected chi connectivity index (χ2v) is 5.90. The first kappa shape index (κ1) is 15.1. The van der Waals surface area contributed by atoms with Crippen LogP contribution in [-0.2, 0) is 0 Å². The Balaban J connectivity index is 1.68. The molecule has 25 heavy (non-hydrogen) atoms. The lowest BCUT2D eigenvalue weighted by atomic mass is 10.1. The lowest BCUT2D eigenvalue weighted by Crippen LogP contribution is -2.26. The summed E-state index contributed by atoms with van der Waals surface area (Å²) in [5.41, 5.74) is 5.44. The molecule has 0 radical (unpaired) electrons. The Labute approximate surface area is 145 Å². The number of fused-ring (bicyclic) bond motifs is 1. The Hall–Kier alpha value is -3.40. The molecule has 0 bridgehead atoms. The van der Waals surface area contributed by atoms with Gasteiger partial charge in [-0.25, -0.2) is 0 Å². The van der Waals surface area contributed by atoms with Gasteiger partial charge >= 0.3 is 0 Å². The van der Waals surface area contributed by atoms with Crippen molar-refractivity contribution in [3.05, 3.63) is 84.6 Å². The Morgan fingerprint density at radius 2 is 1.80 bits per heavy atom. The molecule has 4 rings (SSSR count). The number of nitrogens with zero attached hydrogens (tertiary/aromatic N) is 2. The minimum Gasteiger partial charge on any atom is -0.353 e. The molecule has 122 valence electrons. The third-order valence-corrected chi connectivity index (χ3v) is 4.26. The molecule has 0 aliphatic rings. The van der Waals surface area contributed by atoms with E-state index in [1.165, 1.54) is 0 Å². The fraction of sp³-hybridized carbons (Fsp3) is 0.0476. The van der Waals surface area contributed by atoms with E-state index >= 15 is 0 Å². The zero-order chi connectivity index (χ0) is 17.2. The van der Waals surface area contributed by atoms with Crippen LogP contribution in [0.5, 0.6) is 0 Å². The predicted octanol–water partition coefficient (Wildman–Crippen LogP) is 4.51. The Bertz CT molecular complexity index is 1000. The molecule has 4 nitrogen and oxygen atoms in total. The van der Waals surface area contributed by atoms with Crippen LogP contribution in [0.1, 0.15) is 10.4 Å². The number of aromatic nitrogens is 2. The number of carbonyl (C=O) groups excluding carboxylic acids is 1. The van der Waals surface area contributed by atoms with Gasteiger partial charge < -0.3 is 9.88 Å². The Kier molecular flexibility index (Phi) is 3.78. The van der Waals surface area contributed by atoms with Gasteiger partial charge in [-0.1, -0.05) is 30.3 Å². The summed E-state index contributed by atoms with van der Waals surface area (Å²) in [6, 6.07) is 23.1. The minimum absolute atomic E-state index is 0.0314. The highest BCUT2D eigenvalue weighted by atomic mass is 16.2. The molecule has 4 heteroatoms. The smallest absolute Gasteiger partial charge is 0.258 e. The zero-order valence-corrected chi connectivity index (χ0v) is 13.8. The van der Waals surface area contributed by atoms with Crippen molar-refractivity contribution >= 4 is 22.6 Å². The summed E-state index contributed by atoms with van der Waals surface area (Å²) in [5.74, 6) is -0.0314. The number of benzene rings is 2. The minimum atomic E-state index is -0.0314. The van der Waals surface area contributed by atoms with Crippen LogP contribution in [0.4, 0.5) is 5.69 Å². The molecule has 1 amide bonds. The van der Waals surface area contributed by atoms with Crippen LogP contribution >= 0.6 is 0 Å². The monoisotopic (exact) mass is 327 g/mol. The van der Waals surface area contributed by atoms with Crippen LogP contribution in [0.3, 0.4) is 0 Å². The van der Waals surface area contributed by atoms with E-state index < -0.39 is 0 Å². The molecule has 0 unspecified atom stereocenters. The maximum absolute atomic E-state index is 12.6. The number of hydrogen-bond donors (Lipinski definition) is 1. The van der Waals surface area contributed by atoms with Crippen molar-refractivity contribution in [3.8, 4) is 11.3 Å². The molecule has 0 saturated carbocycles. The molecular weight excluding hydrogens is 310 g/mol. The van der Waals surface area contributed by atoms with Gasteiger partial charge in [0.2, 0.25) is 0 Å². The highest BCUT2D eigenvalue weighted by molar-refractivity contribution is 6.06. The number of pyridine rings is 1. The van der Waals surface area contributed by atoms with Gasteiger partial charge in [0.15, 0.2) is 0 Å². The first-order chi connectivity index (χ1) is 12.2. The van der Waals surface area contributed by atoms with Crippen LogP contribution in [0.2, 0.25) is 0 Å². The van der Waals surface area contributed by atoms with E-state index in [1.807, 2.05) is 72.8 Å². The van der Waals surface area contributed by atoms with Crippen LogP contribution in [-0.4, -0.2) is 22.9 Å². The third-order valence-electron chi connectivity index (χ3n) is 4.26. The van der Waals surface area contributed by atoms with Gasteiger partial charge in [-0.2, -0.15) is 0 Å². The van der Waals surface area contributed by atoms with E-state index in [-0.39, 0.29) is 5.91 Å². The molecule has 1 N–H and O–H groups in total. The van der Waals surface area contributed by atoms with Crippen LogP contribution in [0.15, 0.2) is 79.0 Å². The standard InChI is InChI=1S/C21H17N3O/c1-24(21(25)15-7-3-2-4-8-15)17-10-5-9-16(13-17)19-14-20-18(23-19)11-6-12-22-20/h2-14,23H,1H3. The van der Waals surface area contributed by atoms with Gasteiger partial charge in [0.25, 0.3) is 5.91 Å². The van der Waals surface area contributed by atoms with E-state index in [1.54, 1.807) is 18.1 Å². The lowest BCUT2D eigenvalue weighted by Gasteiger charge is -2.18. The quantitative estimate of drug-likeness (QED) is 0.602. The summed E-state index contributed by atoms with van der Waals surface area (Å²) < 4.78 is 0. The van der Waals surface area contributed by atoms with Crippen LogP contribution < -0.4 is 4.90 Å². The fourth-order valence-electron chi connectivity index (χ4n) is 2.89. The number of aromatic amines is 1. The number of rotatable bonds is 3. The van der Waals surface area contributed by atoms with Crippen molar-refractivity contribution in [3.63, 3.8) is 0 Å². The Morgan fingerprint density at radius 1 is 0.960 bits per heavy atom. The van der Waals surface area contributed by atoms with Gasteiger partial charge in [-0.3, -0.25) is 9.78 Å². The molecule has 0 fully saturated rings. The summed E-state index contributed by atoms with van der Waals surface area (Å²) in [6.45, 7) is 0. The van der Waals surface area contributed by atoms with E-state index in [9.17, 15) is 4.79 Å². The molecule has 0 spiro atoms. The van der Waals surface area contributed by atoms with E-state index in [0.717, 1.165) is 28.0 Å². The highest BCUT2D eigenvalue weighted by Crippen LogP contribution is 2.26. The van der Waals surface area contributed by atoms with Gasteiger partial charge in [0.1, 0.15) is 0 Å². The van der Waals surface area contributed by atoms with Gasteiger partial charge in [0.05, 0.1) is 11.0 Å². The second kappa shape index (κ2) is 6.24. The summed E-state index contributed by atoms with van der Waals surface area (Å²) in [5, 5.41) is 0. The molecule has 2 aromatic carbocycles. The van der Waals surface area contributed by atoms with Gasteiger partial charge in [-0.15, -0.1) is 0 Å². The molecule has 0 atom stereocenters. The highest BCUT2D eigenvalue weighted by Gasteiger charge is 2.14. The molecule has 2 heterocycles. The topological polar surface area (TPSA) is 49.0 Å². The maximum atomic E-state index is 12.6. The lowest BCUT2D eigenvalue weighted by molar-refractivity contribution is 0.0993. The zero-order valence-electron chi connectivity index (χ0n) is 13.8. The number of hydrogen-bond acceptors (Lipinski definition) is 2. The molecule has 0 aliphatic carbocycles. The molecule has 2 aromatic heterocycles. The number of anilines is 1. The summed E-state index contributed by atoms with van der Waals surface area (Å²) in [4.78, 5) is 22.0. The van der Waals surface area contributed by atoms with Crippen molar-refractivity contribution in [2.75, 3.05) is 11.9 Å². The second-order valence-electron chi connectivity index (χ2n) is 5.90. The fourth-order valence-corrected chi connectivity index (χ4v) is 2.89. The third kappa shape index (κ3) is 2.90.